The molecule has 1 saturated heterocycles. The molecule has 0 bridgehead atoms. The molecule has 0 aliphatic carbocycles. The van der Waals surface area contributed by atoms with E-state index in [9.17, 15) is 18.4 Å². The van der Waals surface area contributed by atoms with Crippen molar-refractivity contribution in [1.29, 1.82) is 0 Å². The Balaban J connectivity index is 1.78. The van der Waals surface area contributed by atoms with Gasteiger partial charge in [0.1, 0.15) is 0 Å². The molecule has 1 aliphatic rings. The predicted molar refractivity (Wildman–Crippen MR) is 89.3 cm³/mol. The first kappa shape index (κ1) is 19.3. The van der Waals surface area contributed by atoms with Crippen LogP contribution in [-0.4, -0.2) is 62.7 Å². The Hall–Kier alpha value is -2.06. The van der Waals surface area contributed by atoms with Gasteiger partial charge in [-0.25, -0.2) is 8.78 Å². The van der Waals surface area contributed by atoms with Gasteiger partial charge < -0.3 is 15.0 Å². The van der Waals surface area contributed by atoms with E-state index >= 15 is 0 Å². The Bertz CT molecular complexity index is 607. The van der Waals surface area contributed by atoms with Gasteiger partial charge in [-0.2, -0.15) is 0 Å². The number of nitrogens with zero attached hydrogens (tertiary/aromatic N) is 2. The average molecular weight is 355 g/mol. The molecule has 1 fully saturated rings. The lowest BCUT2D eigenvalue weighted by Gasteiger charge is -2.26. The van der Waals surface area contributed by atoms with Gasteiger partial charge >= 0.3 is 0 Å². The number of amides is 2. The van der Waals surface area contributed by atoms with Gasteiger partial charge in [0, 0.05) is 57.8 Å². The van der Waals surface area contributed by atoms with Crippen LogP contribution in [-0.2, 0) is 14.3 Å². The van der Waals surface area contributed by atoms with Crippen molar-refractivity contribution >= 4 is 17.5 Å². The second-order valence-corrected chi connectivity index (χ2v) is 5.82. The molecular weight excluding hydrogens is 332 g/mol. The average Bonchev–Trinajstić information content (AvgIpc) is 2.59. The fraction of sp³-hybridized carbons (Fsp3) is 0.529. The molecule has 138 valence electrons. The molecule has 0 atom stereocenters. The summed E-state index contributed by atoms with van der Waals surface area (Å²) >= 11 is 0. The van der Waals surface area contributed by atoms with Gasteiger partial charge in [0.25, 0.3) is 0 Å². The molecule has 2 rings (SSSR count). The van der Waals surface area contributed by atoms with Crippen LogP contribution in [0.2, 0.25) is 0 Å². The third kappa shape index (κ3) is 6.06. The number of carbonyl (C=O) groups is 2. The van der Waals surface area contributed by atoms with Crippen LogP contribution in [0.4, 0.5) is 14.5 Å². The van der Waals surface area contributed by atoms with Gasteiger partial charge in [0.15, 0.2) is 11.6 Å². The smallest absolute Gasteiger partial charge is 0.223 e. The molecule has 1 N–H and O–H groups in total. The summed E-state index contributed by atoms with van der Waals surface area (Å²) in [6.45, 7) is 5.79. The summed E-state index contributed by atoms with van der Waals surface area (Å²) < 4.78 is 31.6. The van der Waals surface area contributed by atoms with Crippen LogP contribution in [0, 0.1) is 11.6 Å². The molecule has 8 heteroatoms. The number of ether oxygens (including phenoxy) is 1. The van der Waals surface area contributed by atoms with Crippen LogP contribution in [0.15, 0.2) is 18.2 Å². The third-order valence-corrected chi connectivity index (χ3v) is 4.01. The zero-order valence-electron chi connectivity index (χ0n) is 14.3. The zero-order valence-corrected chi connectivity index (χ0v) is 14.3. The highest BCUT2D eigenvalue weighted by atomic mass is 19.2. The fourth-order valence-electron chi connectivity index (χ4n) is 2.60. The van der Waals surface area contributed by atoms with E-state index < -0.39 is 11.6 Å². The molecule has 1 aromatic carbocycles. The maximum atomic E-state index is 13.3. The Morgan fingerprint density at radius 2 is 1.96 bits per heavy atom. The van der Waals surface area contributed by atoms with E-state index in [0.29, 0.717) is 19.8 Å². The number of halogens is 2. The fourth-order valence-corrected chi connectivity index (χ4v) is 2.60. The number of rotatable bonds is 7. The maximum Gasteiger partial charge on any atom is 0.223 e. The van der Waals surface area contributed by atoms with E-state index in [1.165, 1.54) is 17.9 Å². The molecule has 0 spiro atoms. The van der Waals surface area contributed by atoms with Crippen LogP contribution < -0.4 is 10.2 Å². The maximum absolute atomic E-state index is 13.3. The van der Waals surface area contributed by atoms with E-state index in [1.54, 1.807) is 0 Å². The number of hydrogen-bond donors (Lipinski definition) is 1. The Kier molecular flexibility index (Phi) is 7.27. The minimum Gasteiger partial charge on any atom is -0.379 e. The first-order valence-corrected chi connectivity index (χ1v) is 8.27. The number of hydrogen-bond acceptors (Lipinski definition) is 4. The Morgan fingerprint density at radius 3 is 2.60 bits per heavy atom. The lowest BCUT2D eigenvalue weighted by atomic mass is 10.2. The molecular formula is C17H23F2N3O3. The summed E-state index contributed by atoms with van der Waals surface area (Å²) in [6.07, 6.45) is 0.0850. The van der Waals surface area contributed by atoms with Crippen molar-refractivity contribution in [2.24, 2.45) is 0 Å². The largest absolute Gasteiger partial charge is 0.379 e. The monoisotopic (exact) mass is 355 g/mol. The van der Waals surface area contributed by atoms with Gasteiger partial charge in [-0.15, -0.1) is 0 Å². The molecule has 1 heterocycles. The molecule has 6 nitrogen and oxygen atoms in total. The first-order chi connectivity index (χ1) is 12.0. The summed E-state index contributed by atoms with van der Waals surface area (Å²) in [5, 5.41) is 2.80. The van der Waals surface area contributed by atoms with E-state index in [0.717, 1.165) is 31.8 Å². The normalized spacial score (nSPS) is 15.0. The number of morpholine rings is 1. The molecule has 0 saturated carbocycles. The van der Waals surface area contributed by atoms with Gasteiger partial charge in [-0.3, -0.25) is 14.5 Å². The van der Waals surface area contributed by atoms with Crippen molar-refractivity contribution < 1.29 is 23.1 Å². The van der Waals surface area contributed by atoms with Crippen LogP contribution in [0.3, 0.4) is 0 Å². The Morgan fingerprint density at radius 1 is 1.24 bits per heavy atom. The quantitative estimate of drug-likeness (QED) is 0.797. The SMILES string of the molecule is CC(=O)N(CCC(=O)NCCN1CCOCC1)c1ccc(F)c(F)c1. The van der Waals surface area contributed by atoms with Crippen LogP contribution in [0.25, 0.3) is 0 Å². The molecule has 0 unspecified atom stereocenters. The van der Waals surface area contributed by atoms with Gasteiger partial charge in [0.2, 0.25) is 11.8 Å². The van der Waals surface area contributed by atoms with E-state index in [-0.39, 0.29) is 30.5 Å². The molecule has 1 aromatic rings. The molecule has 1 aliphatic heterocycles. The van der Waals surface area contributed by atoms with Crippen LogP contribution >= 0.6 is 0 Å². The minimum atomic E-state index is -1.03. The number of benzene rings is 1. The van der Waals surface area contributed by atoms with Crippen molar-refractivity contribution in [1.82, 2.24) is 10.2 Å². The second-order valence-electron chi connectivity index (χ2n) is 5.82. The standard InChI is InChI=1S/C17H23F2N3O3/c1-13(23)22(14-2-3-15(18)16(19)12-14)6-4-17(24)20-5-7-21-8-10-25-11-9-21/h2-3,12H,4-11H2,1H3,(H,20,24). The summed E-state index contributed by atoms with van der Waals surface area (Å²) in [5.74, 6) is -2.54. The molecule has 25 heavy (non-hydrogen) atoms. The lowest BCUT2D eigenvalue weighted by molar-refractivity contribution is -0.121. The van der Waals surface area contributed by atoms with Crippen molar-refractivity contribution in [3.8, 4) is 0 Å². The summed E-state index contributed by atoms with van der Waals surface area (Å²) in [6, 6.07) is 3.23. The number of carbonyl (C=O) groups excluding carboxylic acids is 2. The molecule has 0 radical (unpaired) electrons. The second kappa shape index (κ2) is 9.43. The van der Waals surface area contributed by atoms with Gasteiger partial charge in [-0.05, 0) is 12.1 Å². The lowest BCUT2D eigenvalue weighted by Crippen LogP contribution is -2.42. The molecule has 2 amide bonds. The number of nitrogens with one attached hydrogen (secondary N) is 1. The van der Waals surface area contributed by atoms with Crippen molar-refractivity contribution in [2.45, 2.75) is 13.3 Å². The summed E-state index contributed by atoms with van der Waals surface area (Å²) in [5.41, 5.74) is 0.229. The van der Waals surface area contributed by atoms with Crippen LogP contribution in [0.5, 0.6) is 0 Å². The van der Waals surface area contributed by atoms with Gasteiger partial charge in [0.05, 0.1) is 13.2 Å². The topological polar surface area (TPSA) is 61.9 Å². The summed E-state index contributed by atoms with van der Waals surface area (Å²) in [7, 11) is 0. The van der Waals surface area contributed by atoms with Crippen molar-refractivity contribution in [3.63, 3.8) is 0 Å². The Labute approximate surface area is 145 Å². The van der Waals surface area contributed by atoms with E-state index in [2.05, 4.69) is 10.2 Å². The highest BCUT2D eigenvalue weighted by Crippen LogP contribution is 2.18. The highest BCUT2D eigenvalue weighted by molar-refractivity contribution is 5.92. The highest BCUT2D eigenvalue weighted by Gasteiger charge is 2.16. The number of anilines is 1. The zero-order chi connectivity index (χ0) is 18.2. The van der Waals surface area contributed by atoms with Gasteiger partial charge in [-0.1, -0.05) is 0 Å². The van der Waals surface area contributed by atoms with Crippen LogP contribution in [0.1, 0.15) is 13.3 Å². The minimum absolute atomic E-state index is 0.0850. The van der Waals surface area contributed by atoms with E-state index in [1.807, 2.05) is 0 Å². The summed E-state index contributed by atoms with van der Waals surface area (Å²) in [4.78, 5) is 27.1. The molecule has 0 aromatic heterocycles. The van der Waals surface area contributed by atoms with E-state index in [4.69, 9.17) is 4.74 Å². The third-order valence-electron chi connectivity index (χ3n) is 4.01. The van der Waals surface area contributed by atoms with Crippen molar-refractivity contribution in [2.75, 3.05) is 50.8 Å². The first-order valence-electron chi connectivity index (χ1n) is 8.27. The van der Waals surface area contributed by atoms with Crippen molar-refractivity contribution in [3.05, 3.63) is 29.8 Å². The predicted octanol–water partition coefficient (Wildman–Crippen LogP) is 1.16.